The van der Waals surface area contributed by atoms with Crippen LogP contribution in [0.15, 0.2) is 60.7 Å². The molecule has 2 aromatic rings. The van der Waals surface area contributed by atoms with Crippen LogP contribution in [-0.4, -0.2) is 0 Å². The normalized spacial score (nSPS) is 10.6. The van der Waals surface area contributed by atoms with Gasteiger partial charge in [-0.3, -0.25) is 0 Å². The Morgan fingerprint density at radius 3 is 1.88 bits per heavy atom. The zero-order chi connectivity index (χ0) is 10.5. The van der Waals surface area contributed by atoms with Crippen LogP contribution in [0.25, 0.3) is 11.8 Å². The smallest absolute Gasteiger partial charge is 0.872 e. The summed E-state index contributed by atoms with van der Waals surface area (Å²) in [5, 5.41) is 11.8. The summed E-state index contributed by atoms with van der Waals surface area (Å²) in [7, 11) is 0. The maximum absolute atomic E-state index is 11.8. The van der Waals surface area contributed by atoms with E-state index in [0.717, 1.165) is 11.1 Å². The summed E-state index contributed by atoms with van der Waals surface area (Å²) in [6, 6.07) is 18.9. The van der Waals surface area contributed by atoms with Crippen LogP contribution in [0.3, 0.4) is 0 Å². The second-order valence-electron chi connectivity index (χ2n) is 3.29. The van der Waals surface area contributed by atoms with Crippen molar-refractivity contribution in [1.29, 1.82) is 0 Å². The SMILES string of the molecule is [K+].[O-]/C(=C/c1ccccc1)c1ccccc1. The molecule has 0 amide bonds. The van der Waals surface area contributed by atoms with Crippen molar-refractivity contribution in [2.45, 2.75) is 0 Å². The molecule has 2 heteroatoms. The first-order valence-electron chi connectivity index (χ1n) is 4.85. The first-order chi connectivity index (χ1) is 7.36. The largest absolute Gasteiger partial charge is 1.00 e. The number of hydrogen-bond acceptors (Lipinski definition) is 1. The quantitative estimate of drug-likeness (QED) is 0.392. The van der Waals surface area contributed by atoms with E-state index in [-0.39, 0.29) is 57.1 Å². The van der Waals surface area contributed by atoms with Gasteiger partial charge in [-0.05, 0) is 11.1 Å². The van der Waals surface area contributed by atoms with E-state index in [9.17, 15) is 5.11 Å². The monoisotopic (exact) mass is 234 g/mol. The van der Waals surface area contributed by atoms with E-state index < -0.39 is 0 Å². The molecule has 2 rings (SSSR count). The van der Waals surface area contributed by atoms with Crippen molar-refractivity contribution >= 4 is 11.8 Å². The van der Waals surface area contributed by atoms with Gasteiger partial charge in [-0.1, -0.05) is 66.7 Å². The Morgan fingerprint density at radius 1 is 0.812 bits per heavy atom. The molecule has 0 heterocycles. The fourth-order valence-electron chi connectivity index (χ4n) is 1.39. The maximum atomic E-state index is 11.8. The van der Waals surface area contributed by atoms with Crippen molar-refractivity contribution < 1.29 is 56.5 Å². The molecule has 0 saturated heterocycles. The summed E-state index contributed by atoms with van der Waals surface area (Å²) in [5.41, 5.74) is 1.66. The van der Waals surface area contributed by atoms with Crippen molar-refractivity contribution in [2.75, 3.05) is 0 Å². The van der Waals surface area contributed by atoms with E-state index in [1.165, 1.54) is 0 Å². The maximum Gasteiger partial charge on any atom is 1.00 e. The molecule has 0 aliphatic carbocycles. The van der Waals surface area contributed by atoms with Crippen LogP contribution < -0.4 is 56.5 Å². The van der Waals surface area contributed by atoms with Gasteiger partial charge in [-0.2, -0.15) is 0 Å². The van der Waals surface area contributed by atoms with Gasteiger partial charge < -0.3 is 5.11 Å². The first-order valence-corrected chi connectivity index (χ1v) is 4.85. The molecule has 1 nitrogen and oxygen atoms in total. The Bertz CT molecular complexity index is 449. The van der Waals surface area contributed by atoms with Crippen molar-refractivity contribution in [3.8, 4) is 0 Å². The van der Waals surface area contributed by atoms with E-state index in [1.807, 2.05) is 60.7 Å². The van der Waals surface area contributed by atoms with Gasteiger partial charge in [0, 0.05) is 0 Å². The van der Waals surface area contributed by atoms with Gasteiger partial charge >= 0.3 is 51.4 Å². The van der Waals surface area contributed by atoms with Crippen LogP contribution in [0, 0.1) is 0 Å². The molecule has 16 heavy (non-hydrogen) atoms. The summed E-state index contributed by atoms with van der Waals surface area (Å²) in [6.07, 6.45) is 1.65. The van der Waals surface area contributed by atoms with E-state index in [4.69, 9.17) is 0 Å². The van der Waals surface area contributed by atoms with Crippen LogP contribution >= 0.6 is 0 Å². The molecule has 0 aromatic heterocycles. The fraction of sp³-hybridized carbons (Fsp3) is 0. The van der Waals surface area contributed by atoms with Gasteiger partial charge in [0.25, 0.3) is 0 Å². The predicted molar refractivity (Wildman–Crippen MR) is 60.8 cm³/mol. The van der Waals surface area contributed by atoms with E-state index in [2.05, 4.69) is 0 Å². The van der Waals surface area contributed by atoms with Gasteiger partial charge in [0.05, 0.1) is 0 Å². The van der Waals surface area contributed by atoms with Crippen molar-refractivity contribution in [2.24, 2.45) is 0 Å². The van der Waals surface area contributed by atoms with Gasteiger partial charge in [-0.15, -0.1) is 5.76 Å². The third-order valence-electron chi connectivity index (χ3n) is 2.16. The summed E-state index contributed by atoms with van der Waals surface area (Å²) in [6.45, 7) is 0. The van der Waals surface area contributed by atoms with Crippen LogP contribution in [0.5, 0.6) is 0 Å². The standard InChI is InChI=1S/C14H12O.K/c15-14(13-9-5-2-6-10-13)11-12-7-3-1-4-8-12;/h1-11,15H;/q;+1/p-1/b14-11+;. The van der Waals surface area contributed by atoms with Gasteiger partial charge in [-0.25, -0.2) is 0 Å². The van der Waals surface area contributed by atoms with Crippen molar-refractivity contribution in [3.05, 3.63) is 71.8 Å². The molecule has 0 radical (unpaired) electrons. The van der Waals surface area contributed by atoms with Gasteiger partial charge in [0.15, 0.2) is 0 Å². The average molecular weight is 234 g/mol. The minimum atomic E-state index is 0. The van der Waals surface area contributed by atoms with Crippen molar-refractivity contribution in [3.63, 3.8) is 0 Å². The first kappa shape index (κ1) is 13.7. The Labute approximate surface area is 138 Å². The molecule has 0 aliphatic heterocycles. The van der Waals surface area contributed by atoms with E-state index in [1.54, 1.807) is 6.08 Å². The molecule has 0 fully saturated rings. The average Bonchev–Trinajstić information content (AvgIpc) is 2.31. The third-order valence-corrected chi connectivity index (χ3v) is 2.16. The topological polar surface area (TPSA) is 23.1 Å². The van der Waals surface area contributed by atoms with Crippen LogP contribution in [0.2, 0.25) is 0 Å². The Kier molecular flexibility index (Phi) is 6.02. The molecule has 0 bridgehead atoms. The molecule has 2 aromatic carbocycles. The zero-order valence-corrected chi connectivity index (χ0v) is 12.4. The molecular formula is C14H11KO. The van der Waals surface area contributed by atoms with Crippen LogP contribution in [0.1, 0.15) is 11.1 Å². The predicted octanol–water partition coefficient (Wildman–Crippen LogP) is -0.451. The molecule has 0 aliphatic rings. The second kappa shape index (κ2) is 7.04. The molecular weight excluding hydrogens is 223 g/mol. The second-order valence-corrected chi connectivity index (χ2v) is 3.29. The summed E-state index contributed by atoms with van der Waals surface area (Å²) in [5.74, 6) is 0.0433. The van der Waals surface area contributed by atoms with E-state index >= 15 is 0 Å². The van der Waals surface area contributed by atoms with Gasteiger partial charge in [0.1, 0.15) is 0 Å². The van der Waals surface area contributed by atoms with E-state index in [0.29, 0.717) is 0 Å². The number of benzene rings is 2. The molecule has 0 spiro atoms. The minimum Gasteiger partial charge on any atom is -0.872 e. The van der Waals surface area contributed by atoms with Gasteiger partial charge in [0.2, 0.25) is 0 Å². The van der Waals surface area contributed by atoms with Crippen LogP contribution in [-0.2, 0) is 0 Å². The minimum absolute atomic E-state index is 0. The Morgan fingerprint density at radius 2 is 1.31 bits per heavy atom. The number of hydrogen-bond donors (Lipinski definition) is 0. The third kappa shape index (κ3) is 3.89. The summed E-state index contributed by atoms with van der Waals surface area (Å²) >= 11 is 0. The molecule has 0 atom stereocenters. The van der Waals surface area contributed by atoms with Crippen molar-refractivity contribution in [1.82, 2.24) is 0 Å². The molecule has 0 saturated carbocycles. The Balaban J connectivity index is 0.00000128. The number of rotatable bonds is 2. The zero-order valence-electron chi connectivity index (χ0n) is 9.26. The fourth-order valence-corrected chi connectivity index (χ4v) is 1.39. The Hall–Kier alpha value is -0.384. The summed E-state index contributed by atoms with van der Waals surface area (Å²) < 4.78 is 0. The molecule has 0 N–H and O–H groups in total. The molecule has 0 unspecified atom stereocenters. The summed E-state index contributed by atoms with van der Waals surface area (Å²) in [4.78, 5) is 0. The molecule has 74 valence electrons. The van der Waals surface area contributed by atoms with Crippen LogP contribution in [0.4, 0.5) is 0 Å².